The topological polar surface area (TPSA) is 69.7 Å². The van der Waals surface area contributed by atoms with Gasteiger partial charge in [-0.2, -0.15) is 0 Å². The number of likely N-dealkylation sites (N-methyl/N-ethyl adjacent to an activating group) is 1. The van der Waals surface area contributed by atoms with E-state index in [9.17, 15) is 14.4 Å². The first kappa shape index (κ1) is 23.0. The summed E-state index contributed by atoms with van der Waals surface area (Å²) >= 11 is 1.36. The highest BCUT2D eigenvalue weighted by atomic mass is 32.1. The minimum absolute atomic E-state index is 0.00132. The smallest absolute Gasteiger partial charge is 0.262 e. The number of carbonyl (C=O) groups excluding carboxylic acids is 3. The summed E-state index contributed by atoms with van der Waals surface area (Å²) in [5, 5.41) is 4.85. The molecule has 3 rings (SSSR count). The van der Waals surface area contributed by atoms with Crippen LogP contribution in [0, 0.1) is 12.8 Å². The number of benzene rings is 1. The van der Waals surface area contributed by atoms with Crippen molar-refractivity contribution in [2.45, 2.75) is 39.7 Å². The van der Waals surface area contributed by atoms with Gasteiger partial charge in [-0.05, 0) is 63.1 Å². The van der Waals surface area contributed by atoms with Crippen molar-refractivity contribution < 1.29 is 14.4 Å². The molecule has 1 aromatic carbocycles. The van der Waals surface area contributed by atoms with Crippen molar-refractivity contribution in [3.63, 3.8) is 0 Å². The normalized spacial score (nSPS) is 15.4. The Bertz CT molecular complexity index is 901. The van der Waals surface area contributed by atoms with Gasteiger partial charge in [0, 0.05) is 31.7 Å². The number of nitrogens with one attached hydrogen (secondary N) is 1. The maximum Gasteiger partial charge on any atom is 0.262 e. The van der Waals surface area contributed by atoms with Gasteiger partial charge in [0.2, 0.25) is 5.91 Å². The lowest BCUT2D eigenvalue weighted by Crippen LogP contribution is -2.54. The molecule has 6 nitrogen and oxygen atoms in total. The van der Waals surface area contributed by atoms with E-state index in [1.54, 1.807) is 11.0 Å². The molecule has 1 atom stereocenters. The summed E-state index contributed by atoms with van der Waals surface area (Å²) in [4.78, 5) is 43.0. The summed E-state index contributed by atoms with van der Waals surface area (Å²) < 4.78 is 0. The van der Waals surface area contributed by atoms with Crippen LogP contribution < -0.4 is 5.32 Å². The molecular weight excluding hydrogens is 410 g/mol. The molecular formula is C24H31N3O3S. The zero-order chi connectivity index (χ0) is 22.4. The van der Waals surface area contributed by atoms with Gasteiger partial charge in [0.25, 0.3) is 11.8 Å². The predicted molar refractivity (Wildman–Crippen MR) is 123 cm³/mol. The number of likely N-dealkylation sites (tertiary alicyclic amines) is 1. The van der Waals surface area contributed by atoms with Gasteiger partial charge in [0.1, 0.15) is 6.04 Å². The molecule has 1 aliphatic heterocycles. The van der Waals surface area contributed by atoms with Crippen LogP contribution in [0.3, 0.4) is 0 Å². The van der Waals surface area contributed by atoms with Crippen LogP contribution in [0.15, 0.2) is 41.8 Å². The Morgan fingerprint density at radius 2 is 1.84 bits per heavy atom. The van der Waals surface area contributed by atoms with Crippen LogP contribution in [-0.4, -0.2) is 59.7 Å². The molecule has 31 heavy (non-hydrogen) atoms. The Labute approximate surface area is 188 Å². The summed E-state index contributed by atoms with van der Waals surface area (Å²) in [6.45, 7) is 8.23. The van der Waals surface area contributed by atoms with Crippen LogP contribution in [0.2, 0.25) is 0 Å². The predicted octanol–water partition coefficient (Wildman–Crippen LogP) is 3.58. The second kappa shape index (κ2) is 10.6. The van der Waals surface area contributed by atoms with Gasteiger partial charge in [-0.3, -0.25) is 14.4 Å². The molecule has 0 aliphatic carbocycles. The molecule has 166 valence electrons. The fraction of sp³-hybridized carbons (Fsp3) is 0.458. The highest BCUT2D eigenvalue weighted by Crippen LogP contribution is 2.24. The lowest BCUT2D eigenvalue weighted by atomic mass is 9.88. The highest BCUT2D eigenvalue weighted by Gasteiger charge is 2.35. The number of hydrogen-bond donors (Lipinski definition) is 1. The Hall–Kier alpha value is -2.67. The van der Waals surface area contributed by atoms with Crippen LogP contribution in [0.4, 0.5) is 0 Å². The van der Waals surface area contributed by atoms with Crippen LogP contribution >= 0.6 is 11.3 Å². The zero-order valence-corrected chi connectivity index (χ0v) is 19.3. The number of amides is 3. The van der Waals surface area contributed by atoms with Crippen molar-refractivity contribution in [2.75, 3.05) is 26.2 Å². The van der Waals surface area contributed by atoms with Gasteiger partial charge in [-0.1, -0.05) is 23.8 Å². The number of nitrogens with zero attached hydrogens (tertiary/aromatic N) is 2. The van der Waals surface area contributed by atoms with Gasteiger partial charge in [-0.15, -0.1) is 11.3 Å². The fourth-order valence-corrected chi connectivity index (χ4v) is 4.76. The van der Waals surface area contributed by atoms with Crippen LogP contribution in [0.25, 0.3) is 0 Å². The Balaban J connectivity index is 1.70. The number of aryl methyl sites for hydroxylation is 1. The molecule has 1 aliphatic rings. The number of thiophene rings is 1. The molecule has 1 N–H and O–H groups in total. The number of rotatable bonds is 7. The van der Waals surface area contributed by atoms with Gasteiger partial charge < -0.3 is 15.1 Å². The summed E-state index contributed by atoms with van der Waals surface area (Å²) in [6.07, 6.45) is 1.36. The molecule has 1 unspecified atom stereocenters. The Morgan fingerprint density at radius 1 is 1.13 bits per heavy atom. The van der Waals surface area contributed by atoms with E-state index in [0.29, 0.717) is 49.5 Å². The van der Waals surface area contributed by atoms with Crippen molar-refractivity contribution in [3.8, 4) is 0 Å². The SMILES string of the molecule is CCN(CC)C(=O)C(NC(=O)c1cccs1)C1CCN(C(=O)c2cccc(C)c2)CC1. The molecule has 0 saturated carbocycles. The van der Waals surface area contributed by atoms with E-state index in [4.69, 9.17) is 0 Å². The first-order chi connectivity index (χ1) is 14.9. The van der Waals surface area contributed by atoms with Crippen LogP contribution in [-0.2, 0) is 4.79 Å². The van der Waals surface area contributed by atoms with E-state index >= 15 is 0 Å². The van der Waals surface area contributed by atoms with Crippen LogP contribution in [0.5, 0.6) is 0 Å². The van der Waals surface area contributed by atoms with Crippen molar-refractivity contribution in [1.29, 1.82) is 0 Å². The third kappa shape index (κ3) is 5.53. The van der Waals surface area contributed by atoms with E-state index in [1.807, 2.05) is 61.4 Å². The van der Waals surface area contributed by atoms with Gasteiger partial charge in [0.05, 0.1) is 4.88 Å². The monoisotopic (exact) mass is 441 g/mol. The second-order valence-electron chi connectivity index (χ2n) is 7.94. The third-order valence-corrected chi connectivity index (χ3v) is 6.80. The summed E-state index contributed by atoms with van der Waals surface area (Å²) in [5.41, 5.74) is 1.75. The average Bonchev–Trinajstić information content (AvgIpc) is 3.33. The van der Waals surface area contributed by atoms with Crippen molar-refractivity contribution in [1.82, 2.24) is 15.1 Å². The standard InChI is InChI=1S/C24H31N3O3S/c1-4-26(5-2)24(30)21(25-22(28)20-10-7-15-31-20)18-11-13-27(14-12-18)23(29)19-9-6-8-17(3)16-19/h6-10,15-16,18,21H,4-5,11-14H2,1-3H3,(H,25,28). The Morgan fingerprint density at radius 3 is 2.42 bits per heavy atom. The van der Waals surface area contributed by atoms with E-state index < -0.39 is 6.04 Å². The van der Waals surface area contributed by atoms with Gasteiger partial charge in [0.15, 0.2) is 0 Å². The van der Waals surface area contributed by atoms with Crippen molar-refractivity contribution >= 4 is 29.1 Å². The van der Waals surface area contributed by atoms with Crippen molar-refractivity contribution in [2.24, 2.45) is 5.92 Å². The van der Waals surface area contributed by atoms with Gasteiger partial charge in [-0.25, -0.2) is 0 Å². The minimum Gasteiger partial charge on any atom is -0.341 e. The molecule has 1 saturated heterocycles. The molecule has 2 aromatic rings. The number of carbonyl (C=O) groups is 3. The molecule has 1 aromatic heterocycles. The quantitative estimate of drug-likeness (QED) is 0.714. The lowest BCUT2D eigenvalue weighted by molar-refractivity contribution is -0.134. The van der Waals surface area contributed by atoms with E-state index in [2.05, 4.69) is 5.32 Å². The molecule has 1 fully saturated rings. The van der Waals surface area contributed by atoms with E-state index in [1.165, 1.54) is 11.3 Å². The third-order valence-electron chi connectivity index (χ3n) is 5.94. The number of piperidine rings is 1. The van der Waals surface area contributed by atoms with E-state index in [-0.39, 0.29) is 23.6 Å². The summed E-state index contributed by atoms with van der Waals surface area (Å²) in [7, 11) is 0. The lowest BCUT2D eigenvalue weighted by Gasteiger charge is -2.37. The van der Waals surface area contributed by atoms with Crippen molar-refractivity contribution in [3.05, 3.63) is 57.8 Å². The molecule has 7 heteroatoms. The largest absolute Gasteiger partial charge is 0.341 e. The summed E-state index contributed by atoms with van der Waals surface area (Å²) in [5.74, 6) is -0.230. The maximum atomic E-state index is 13.2. The fourth-order valence-electron chi connectivity index (χ4n) is 4.13. The maximum absolute atomic E-state index is 13.2. The number of hydrogen-bond acceptors (Lipinski definition) is 4. The molecule has 3 amide bonds. The summed E-state index contributed by atoms with van der Waals surface area (Å²) in [6, 6.07) is 10.6. The first-order valence-corrected chi connectivity index (χ1v) is 11.8. The molecule has 0 bridgehead atoms. The van der Waals surface area contributed by atoms with Crippen LogP contribution in [0.1, 0.15) is 52.3 Å². The minimum atomic E-state index is -0.578. The Kier molecular flexibility index (Phi) is 7.85. The molecule has 2 heterocycles. The molecule has 0 spiro atoms. The van der Waals surface area contributed by atoms with E-state index in [0.717, 1.165) is 5.56 Å². The van der Waals surface area contributed by atoms with Gasteiger partial charge >= 0.3 is 0 Å². The molecule has 0 radical (unpaired) electrons. The average molecular weight is 442 g/mol. The first-order valence-electron chi connectivity index (χ1n) is 10.9. The second-order valence-corrected chi connectivity index (χ2v) is 8.89. The highest BCUT2D eigenvalue weighted by molar-refractivity contribution is 7.12. The zero-order valence-electron chi connectivity index (χ0n) is 18.5.